The van der Waals surface area contributed by atoms with E-state index in [0.717, 1.165) is 25.6 Å². The molecule has 0 aliphatic carbocycles. The van der Waals surface area contributed by atoms with Crippen molar-refractivity contribution in [1.29, 1.82) is 0 Å². The molecule has 16 heavy (non-hydrogen) atoms. The highest BCUT2D eigenvalue weighted by atomic mass is 15.1. The molecule has 0 heterocycles. The molecule has 0 saturated carbocycles. The fourth-order valence-electron chi connectivity index (χ4n) is 1.78. The number of nitrogens with zero attached hydrogens (tertiary/aromatic N) is 1. The Morgan fingerprint density at radius 1 is 1.19 bits per heavy atom. The molecular formula is C14H24N2. The van der Waals surface area contributed by atoms with Crippen molar-refractivity contribution in [2.45, 2.75) is 20.8 Å². The SMILES string of the molecule is Cc1ccc(NCCN(C)CC(C)C)cc1. The van der Waals surface area contributed by atoms with E-state index in [9.17, 15) is 0 Å². The van der Waals surface area contributed by atoms with Gasteiger partial charge in [0.2, 0.25) is 0 Å². The van der Waals surface area contributed by atoms with Crippen LogP contribution in [-0.2, 0) is 0 Å². The van der Waals surface area contributed by atoms with Gasteiger partial charge < -0.3 is 10.2 Å². The van der Waals surface area contributed by atoms with E-state index in [2.05, 4.69) is 62.3 Å². The summed E-state index contributed by atoms with van der Waals surface area (Å²) in [7, 11) is 2.18. The number of nitrogens with one attached hydrogen (secondary N) is 1. The first-order chi connectivity index (χ1) is 7.58. The van der Waals surface area contributed by atoms with Crippen LogP contribution < -0.4 is 5.32 Å². The number of likely N-dealkylation sites (N-methyl/N-ethyl adjacent to an activating group) is 1. The van der Waals surface area contributed by atoms with Crippen molar-refractivity contribution in [1.82, 2.24) is 4.90 Å². The van der Waals surface area contributed by atoms with Gasteiger partial charge in [-0.25, -0.2) is 0 Å². The molecule has 90 valence electrons. The highest BCUT2D eigenvalue weighted by Crippen LogP contribution is 2.07. The van der Waals surface area contributed by atoms with Gasteiger partial charge in [-0.15, -0.1) is 0 Å². The summed E-state index contributed by atoms with van der Waals surface area (Å²) in [4.78, 5) is 2.37. The van der Waals surface area contributed by atoms with E-state index >= 15 is 0 Å². The predicted molar refractivity (Wildman–Crippen MR) is 72.0 cm³/mol. The summed E-state index contributed by atoms with van der Waals surface area (Å²) in [5.41, 5.74) is 2.52. The van der Waals surface area contributed by atoms with Crippen LogP contribution in [-0.4, -0.2) is 31.6 Å². The largest absolute Gasteiger partial charge is 0.384 e. The molecule has 0 atom stereocenters. The monoisotopic (exact) mass is 220 g/mol. The quantitative estimate of drug-likeness (QED) is 0.793. The summed E-state index contributed by atoms with van der Waals surface area (Å²) in [6, 6.07) is 8.55. The van der Waals surface area contributed by atoms with Crippen molar-refractivity contribution in [3.8, 4) is 0 Å². The Hall–Kier alpha value is -1.02. The normalized spacial score (nSPS) is 11.1. The topological polar surface area (TPSA) is 15.3 Å². The smallest absolute Gasteiger partial charge is 0.0340 e. The van der Waals surface area contributed by atoms with E-state index in [1.54, 1.807) is 0 Å². The van der Waals surface area contributed by atoms with Crippen LogP contribution in [0.1, 0.15) is 19.4 Å². The van der Waals surface area contributed by atoms with Gasteiger partial charge in [0.1, 0.15) is 0 Å². The van der Waals surface area contributed by atoms with E-state index in [-0.39, 0.29) is 0 Å². The molecule has 0 saturated heterocycles. The summed E-state index contributed by atoms with van der Waals surface area (Å²) >= 11 is 0. The average Bonchev–Trinajstić information content (AvgIpc) is 2.20. The van der Waals surface area contributed by atoms with Gasteiger partial charge in [0.25, 0.3) is 0 Å². The third-order valence-electron chi connectivity index (χ3n) is 2.55. The van der Waals surface area contributed by atoms with Gasteiger partial charge in [-0.3, -0.25) is 0 Å². The number of hydrogen-bond acceptors (Lipinski definition) is 2. The third kappa shape index (κ3) is 5.17. The molecule has 0 fully saturated rings. The Labute approximate surface area is 99.7 Å². The molecule has 1 aromatic carbocycles. The molecule has 2 nitrogen and oxygen atoms in total. The summed E-state index contributed by atoms with van der Waals surface area (Å²) < 4.78 is 0. The van der Waals surface area contributed by atoms with Crippen molar-refractivity contribution in [3.63, 3.8) is 0 Å². The Morgan fingerprint density at radius 3 is 2.38 bits per heavy atom. The predicted octanol–water partition coefficient (Wildman–Crippen LogP) is 2.99. The zero-order valence-electron chi connectivity index (χ0n) is 11.0. The lowest BCUT2D eigenvalue weighted by Crippen LogP contribution is -2.28. The van der Waals surface area contributed by atoms with Gasteiger partial charge in [-0.2, -0.15) is 0 Å². The average molecular weight is 220 g/mol. The van der Waals surface area contributed by atoms with Gasteiger partial charge in [-0.05, 0) is 32.0 Å². The van der Waals surface area contributed by atoms with E-state index < -0.39 is 0 Å². The zero-order valence-corrected chi connectivity index (χ0v) is 11.0. The van der Waals surface area contributed by atoms with E-state index in [4.69, 9.17) is 0 Å². The highest BCUT2D eigenvalue weighted by molar-refractivity contribution is 5.44. The van der Waals surface area contributed by atoms with Crippen LogP contribution in [0.3, 0.4) is 0 Å². The maximum absolute atomic E-state index is 3.43. The minimum Gasteiger partial charge on any atom is -0.384 e. The van der Waals surface area contributed by atoms with Crippen LogP contribution in [0.25, 0.3) is 0 Å². The molecule has 0 amide bonds. The van der Waals surface area contributed by atoms with Crippen molar-refractivity contribution < 1.29 is 0 Å². The molecule has 0 spiro atoms. The Bertz CT molecular complexity index is 290. The van der Waals surface area contributed by atoms with Gasteiger partial charge in [-0.1, -0.05) is 31.5 Å². The van der Waals surface area contributed by atoms with Crippen LogP contribution in [0, 0.1) is 12.8 Å². The van der Waals surface area contributed by atoms with Crippen molar-refractivity contribution in [2.24, 2.45) is 5.92 Å². The van der Waals surface area contributed by atoms with Crippen molar-refractivity contribution >= 4 is 5.69 Å². The first-order valence-electron chi connectivity index (χ1n) is 6.07. The molecule has 0 radical (unpaired) electrons. The molecule has 1 rings (SSSR count). The second-order valence-electron chi connectivity index (χ2n) is 4.95. The van der Waals surface area contributed by atoms with Gasteiger partial charge in [0.05, 0.1) is 0 Å². The summed E-state index contributed by atoms with van der Waals surface area (Å²) in [6.45, 7) is 9.88. The van der Waals surface area contributed by atoms with Crippen LogP contribution in [0.4, 0.5) is 5.69 Å². The van der Waals surface area contributed by atoms with Gasteiger partial charge in [0.15, 0.2) is 0 Å². The van der Waals surface area contributed by atoms with Crippen LogP contribution in [0.15, 0.2) is 24.3 Å². The molecule has 1 aromatic rings. The maximum Gasteiger partial charge on any atom is 0.0340 e. The number of benzene rings is 1. The number of hydrogen-bond donors (Lipinski definition) is 1. The van der Waals surface area contributed by atoms with Crippen LogP contribution in [0.5, 0.6) is 0 Å². The van der Waals surface area contributed by atoms with Crippen LogP contribution in [0.2, 0.25) is 0 Å². The number of aryl methyl sites for hydroxylation is 1. The standard InChI is InChI=1S/C14H24N2/c1-12(2)11-16(4)10-9-15-14-7-5-13(3)6-8-14/h5-8,12,15H,9-11H2,1-4H3. The first-order valence-corrected chi connectivity index (χ1v) is 6.07. The fraction of sp³-hybridized carbons (Fsp3) is 0.571. The minimum atomic E-state index is 0.740. The minimum absolute atomic E-state index is 0.740. The molecule has 2 heteroatoms. The molecule has 1 N–H and O–H groups in total. The molecule has 0 bridgehead atoms. The Balaban J connectivity index is 2.22. The lowest BCUT2D eigenvalue weighted by molar-refractivity contribution is 0.306. The van der Waals surface area contributed by atoms with E-state index in [1.165, 1.54) is 11.3 Å². The fourth-order valence-corrected chi connectivity index (χ4v) is 1.78. The highest BCUT2D eigenvalue weighted by Gasteiger charge is 2.00. The molecular weight excluding hydrogens is 196 g/mol. The first kappa shape index (κ1) is 13.0. The lowest BCUT2D eigenvalue weighted by atomic mass is 10.2. The second kappa shape index (κ2) is 6.54. The zero-order chi connectivity index (χ0) is 12.0. The van der Waals surface area contributed by atoms with E-state index in [0.29, 0.717) is 0 Å². The summed E-state index contributed by atoms with van der Waals surface area (Å²) in [5, 5.41) is 3.43. The molecule has 0 aliphatic rings. The summed E-state index contributed by atoms with van der Waals surface area (Å²) in [5.74, 6) is 0.740. The molecule has 0 aromatic heterocycles. The summed E-state index contributed by atoms with van der Waals surface area (Å²) in [6.07, 6.45) is 0. The Kier molecular flexibility index (Phi) is 5.33. The lowest BCUT2D eigenvalue weighted by Gasteiger charge is -2.19. The van der Waals surface area contributed by atoms with Crippen LogP contribution >= 0.6 is 0 Å². The van der Waals surface area contributed by atoms with Gasteiger partial charge in [0, 0.05) is 25.3 Å². The van der Waals surface area contributed by atoms with Crippen molar-refractivity contribution in [2.75, 3.05) is 32.0 Å². The van der Waals surface area contributed by atoms with Gasteiger partial charge >= 0.3 is 0 Å². The molecule has 0 aliphatic heterocycles. The number of rotatable bonds is 6. The maximum atomic E-state index is 3.43. The third-order valence-corrected chi connectivity index (χ3v) is 2.55. The molecule has 0 unspecified atom stereocenters. The van der Waals surface area contributed by atoms with E-state index in [1.807, 2.05) is 0 Å². The second-order valence-corrected chi connectivity index (χ2v) is 4.95. The Morgan fingerprint density at radius 2 is 1.81 bits per heavy atom. The number of anilines is 1. The van der Waals surface area contributed by atoms with Crippen molar-refractivity contribution in [3.05, 3.63) is 29.8 Å².